The fourth-order valence-electron chi connectivity index (χ4n) is 3.86. The minimum atomic E-state index is -0.0481. The molecule has 0 bridgehead atoms. The summed E-state index contributed by atoms with van der Waals surface area (Å²) in [5, 5.41) is 5.21. The zero-order valence-electron chi connectivity index (χ0n) is 16.8. The van der Waals surface area contributed by atoms with Crippen molar-refractivity contribution in [2.75, 3.05) is 11.4 Å². The van der Waals surface area contributed by atoms with Gasteiger partial charge in [0, 0.05) is 22.3 Å². The molecule has 2 aromatic carbocycles. The topological polar surface area (TPSA) is 59.2 Å². The summed E-state index contributed by atoms with van der Waals surface area (Å²) in [6.45, 7) is 4.72. The van der Waals surface area contributed by atoms with Crippen molar-refractivity contribution < 1.29 is 9.32 Å². The zero-order chi connectivity index (χ0) is 20.7. The van der Waals surface area contributed by atoms with Crippen LogP contribution in [0.15, 0.2) is 70.1 Å². The Hall–Kier alpha value is -3.12. The van der Waals surface area contributed by atoms with Crippen molar-refractivity contribution in [2.24, 2.45) is 0 Å². The summed E-state index contributed by atoms with van der Waals surface area (Å²) in [5.74, 6) is -0.0481. The highest BCUT2D eigenvalue weighted by molar-refractivity contribution is 8.00. The monoisotopic (exact) mass is 415 g/mol. The molecule has 0 spiro atoms. The number of para-hydroxylation sites is 1. The van der Waals surface area contributed by atoms with Crippen molar-refractivity contribution in [3.63, 3.8) is 0 Å². The van der Waals surface area contributed by atoms with Crippen LogP contribution in [0.4, 0.5) is 5.69 Å². The second-order valence-corrected chi connectivity index (χ2v) is 8.99. The van der Waals surface area contributed by atoms with Gasteiger partial charge in [0.1, 0.15) is 0 Å². The molecule has 1 aliphatic rings. The number of thioether (sulfide) groups is 1. The molecule has 1 unspecified atom stereocenters. The first-order chi connectivity index (χ1) is 14.6. The number of carbonyl (C=O) groups excluding carboxylic acids is 1. The maximum Gasteiger partial charge on any atom is 0.259 e. The smallest absolute Gasteiger partial charge is 0.259 e. The third kappa shape index (κ3) is 3.27. The molecule has 0 fully saturated rings. The number of amides is 1. The van der Waals surface area contributed by atoms with Gasteiger partial charge in [0.05, 0.1) is 28.0 Å². The van der Waals surface area contributed by atoms with Crippen LogP contribution in [-0.2, 0) is 0 Å². The lowest BCUT2D eigenvalue weighted by Gasteiger charge is -2.23. The van der Waals surface area contributed by atoms with Gasteiger partial charge < -0.3 is 9.42 Å². The van der Waals surface area contributed by atoms with E-state index in [2.05, 4.69) is 23.1 Å². The van der Waals surface area contributed by atoms with Crippen LogP contribution in [0.25, 0.3) is 22.4 Å². The summed E-state index contributed by atoms with van der Waals surface area (Å²) >= 11 is 1.82. The van der Waals surface area contributed by atoms with E-state index >= 15 is 0 Å². The largest absolute Gasteiger partial charge is 0.335 e. The van der Waals surface area contributed by atoms with Gasteiger partial charge in [-0.15, -0.1) is 11.8 Å². The van der Waals surface area contributed by atoms with E-state index in [9.17, 15) is 4.79 Å². The summed E-state index contributed by atoms with van der Waals surface area (Å²) in [6.07, 6.45) is 0.924. The molecule has 5 rings (SSSR count). The normalized spacial score (nSPS) is 16.3. The van der Waals surface area contributed by atoms with Gasteiger partial charge in [-0.3, -0.25) is 4.79 Å². The molecule has 6 heteroatoms. The maximum atomic E-state index is 13.9. The molecule has 0 saturated carbocycles. The first-order valence-corrected chi connectivity index (χ1v) is 10.9. The number of aromatic nitrogens is 2. The summed E-state index contributed by atoms with van der Waals surface area (Å²) in [6, 6.07) is 19.8. The fraction of sp³-hybridized carbons (Fsp3) is 0.208. The van der Waals surface area contributed by atoms with Gasteiger partial charge in [0.25, 0.3) is 11.6 Å². The first-order valence-electron chi connectivity index (χ1n) is 10.0. The van der Waals surface area contributed by atoms with Gasteiger partial charge in [-0.05, 0) is 31.5 Å². The third-order valence-electron chi connectivity index (χ3n) is 5.41. The number of aryl methyl sites for hydroxylation is 1. The standard InChI is InChI=1S/C24H21N3O2S/c1-15-12-13-27(20-10-6-7-11-21(20)30-15)24(28)18-14-19(17-8-4-3-5-9-17)25-23-22(18)16(2)26-29-23/h3-11,14-15H,12-13H2,1-2H3. The van der Waals surface area contributed by atoms with Gasteiger partial charge in [0.15, 0.2) is 0 Å². The minimum Gasteiger partial charge on any atom is -0.335 e. The number of rotatable bonds is 2. The Kier molecular flexibility index (Phi) is 4.79. The number of carbonyl (C=O) groups is 1. The quantitative estimate of drug-likeness (QED) is 0.418. The number of hydrogen-bond donors (Lipinski definition) is 0. The van der Waals surface area contributed by atoms with Gasteiger partial charge >= 0.3 is 0 Å². The molecule has 0 saturated heterocycles. The predicted octanol–water partition coefficient (Wildman–Crippen LogP) is 5.73. The molecule has 150 valence electrons. The molecule has 30 heavy (non-hydrogen) atoms. The van der Waals surface area contributed by atoms with E-state index in [1.165, 1.54) is 0 Å². The Labute approximate surface area is 179 Å². The van der Waals surface area contributed by atoms with Crippen LogP contribution in [0.5, 0.6) is 0 Å². The number of pyridine rings is 1. The zero-order valence-corrected chi connectivity index (χ0v) is 17.6. The Morgan fingerprint density at radius 1 is 1.13 bits per heavy atom. The number of hydrogen-bond acceptors (Lipinski definition) is 5. The number of fused-ring (bicyclic) bond motifs is 2. The molecule has 1 atom stereocenters. The number of nitrogens with zero attached hydrogens (tertiary/aromatic N) is 3. The molecule has 5 nitrogen and oxygen atoms in total. The summed E-state index contributed by atoms with van der Waals surface area (Å²) in [5.41, 5.74) is 4.23. The molecular formula is C24H21N3O2S. The molecule has 1 aliphatic heterocycles. The van der Waals surface area contributed by atoms with Crippen LogP contribution in [0, 0.1) is 6.92 Å². The van der Waals surface area contributed by atoms with Gasteiger partial charge in [0.2, 0.25) is 0 Å². The summed E-state index contributed by atoms with van der Waals surface area (Å²) < 4.78 is 5.46. The molecule has 2 aromatic heterocycles. The molecule has 0 aliphatic carbocycles. The summed E-state index contributed by atoms with van der Waals surface area (Å²) in [4.78, 5) is 21.5. The van der Waals surface area contributed by atoms with Crippen LogP contribution in [0.3, 0.4) is 0 Å². The van der Waals surface area contributed by atoms with E-state index in [0.717, 1.165) is 22.6 Å². The van der Waals surface area contributed by atoms with E-state index in [-0.39, 0.29) is 5.91 Å². The molecule has 4 aromatic rings. The SMILES string of the molecule is Cc1noc2nc(-c3ccccc3)cc(C(=O)N3CCC(C)Sc4ccccc43)c12. The lowest BCUT2D eigenvalue weighted by atomic mass is 10.0. The molecular weight excluding hydrogens is 394 g/mol. The van der Waals surface area contributed by atoms with Crippen molar-refractivity contribution in [3.05, 3.63) is 71.9 Å². The van der Waals surface area contributed by atoms with Crippen LogP contribution in [0.1, 0.15) is 29.4 Å². The van der Waals surface area contributed by atoms with Crippen LogP contribution >= 0.6 is 11.8 Å². The highest BCUT2D eigenvalue weighted by atomic mass is 32.2. The van der Waals surface area contributed by atoms with Crippen LogP contribution in [-0.4, -0.2) is 27.8 Å². The lowest BCUT2D eigenvalue weighted by Crippen LogP contribution is -2.32. The second kappa shape index (κ2) is 7.61. The molecule has 0 radical (unpaired) electrons. The van der Waals surface area contributed by atoms with Gasteiger partial charge in [-0.25, -0.2) is 4.98 Å². The van der Waals surface area contributed by atoms with Gasteiger partial charge in [-0.2, -0.15) is 0 Å². The Bertz CT molecular complexity index is 1240. The van der Waals surface area contributed by atoms with Crippen molar-refractivity contribution >= 4 is 34.5 Å². The van der Waals surface area contributed by atoms with Crippen molar-refractivity contribution in [2.45, 2.75) is 30.4 Å². The van der Waals surface area contributed by atoms with Crippen molar-refractivity contribution in [3.8, 4) is 11.3 Å². The van der Waals surface area contributed by atoms with Crippen molar-refractivity contribution in [1.82, 2.24) is 10.1 Å². The number of benzene rings is 2. The number of anilines is 1. The molecule has 1 amide bonds. The first kappa shape index (κ1) is 18.9. The Balaban J connectivity index is 1.67. The molecule has 3 heterocycles. The van der Waals surface area contributed by atoms with Crippen LogP contribution < -0.4 is 4.90 Å². The van der Waals surface area contributed by atoms with Crippen LogP contribution in [0.2, 0.25) is 0 Å². The van der Waals surface area contributed by atoms with E-state index < -0.39 is 0 Å². The Morgan fingerprint density at radius 2 is 1.90 bits per heavy atom. The highest BCUT2D eigenvalue weighted by Gasteiger charge is 2.28. The minimum absolute atomic E-state index is 0.0481. The third-order valence-corrected chi connectivity index (χ3v) is 6.64. The average Bonchev–Trinajstić information content (AvgIpc) is 3.06. The van der Waals surface area contributed by atoms with E-state index in [0.29, 0.717) is 39.8 Å². The highest BCUT2D eigenvalue weighted by Crippen LogP contribution is 2.38. The van der Waals surface area contributed by atoms with E-state index in [1.54, 1.807) is 0 Å². The van der Waals surface area contributed by atoms with E-state index in [4.69, 9.17) is 4.52 Å². The van der Waals surface area contributed by atoms with Crippen molar-refractivity contribution in [1.29, 1.82) is 0 Å². The molecule has 0 N–H and O–H groups in total. The maximum absolute atomic E-state index is 13.9. The summed E-state index contributed by atoms with van der Waals surface area (Å²) in [7, 11) is 0. The van der Waals surface area contributed by atoms with Gasteiger partial charge in [-0.1, -0.05) is 54.5 Å². The Morgan fingerprint density at radius 3 is 2.73 bits per heavy atom. The average molecular weight is 416 g/mol. The second-order valence-electron chi connectivity index (χ2n) is 7.51. The lowest BCUT2D eigenvalue weighted by molar-refractivity contribution is 0.0988. The predicted molar refractivity (Wildman–Crippen MR) is 120 cm³/mol. The fourth-order valence-corrected chi connectivity index (χ4v) is 4.98. The van der Waals surface area contributed by atoms with E-state index in [1.807, 2.05) is 78.2 Å².